The highest BCUT2D eigenvalue weighted by Gasteiger charge is 2.31. The smallest absolute Gasteiger partial charge is 0.248 e. The van der Waals surface area contributed by atoms with Crippen LogP contribution in [0.5, 0.6) is 5.75 Å². The fourth-order valence-electron chi connectivity index (χ4n) is 2.52. The third-order valence-corrected chi connectivity index (χ3v) is 5.46. The van der Waals surface area contributed by atoms with Crippen molar-refractivity contribution in [3.05, 3.63) is 52.5 Å². The van der Waals surface area contributed by atoms with Crippen LogP contribution in [-0.4, -0.2) is 33.2 Å². The van der Waals surface area contributed by atoms with E-state index in [1.54, 1.807) is 24.3 Å². The molecular formula is C18H20Cl2N2O4S. The summed E-state index contributed by atoms with van der Waals surface area (Å²) < 4.78 is 31.2. The molecule has 0 aromatic heterocycles. The number of hydrogen-bond donors (Lipinski definition) is 1. The van der Waals surface area contributed by atoms with Crippen LogP contribution in [0.4, 0.5) is 11.4 Å². The third-order valence-electron chi connectivity index (χ3n) is 3.68. The molecule has 0 saturated carbocycles. The first-order chi connectivity index (χ1) is 12.6. The van der Waals surface area contributed by atoms with Crippen LogP contribution in [-0.2, 0) is 14.8 Å². The van der Waals surface area contributed by atoms with Gasteiger partial charge in [-0.05, 0) is 44.2 Å². The molecule has 1 N–H and O–H groups in total. The molecule has 0 radical (unpaired) electrons. The molecule has 146 valence electrons. The van der Waals surface area contributed by atoms with Crippen LogP contribution in [0.1, 0.15) is 13.8 Å². The Morgan fingerprint density at radius 1 is 1.22 bits per heavy atom. The van der Waals surface area contributed by atoms with E-state index in [0.29, 0.717) is 23.1 Å². The van der Waals surface area contributed by atoms with E-state index in [1.165, 1.54) is 25.1 Å². The lowest BCUT2D eigenvalue weighted by molar-refractivity contribution is -0.116. The fraction of sp³-hybridized carbons (Fsp3) is 0.278. The molecule has 2 aromatic rings. The number of sulfonamides is 1. The summed E-state index contributed by atoms with van der Waals surface area (Å²) in [6.07, 6.45) is 1.00. The number of ether oxygens (including phenoxy) is 1. The minimum absolute atomic E-state index is 0.132. The van der Waals surface area contributed by atoms with Gasteiger partial charge in [-0.2, -0.15) is 0 Å². The van der Waals surface area contributed by atoms with E-state index in [4.69, 9.17) is 27.9 Å². The van der Waals surface area contributed by atoms with Crippen LogP contribution < -0.4 is 14.4 Å². The number of amides is 1. The second-order valence-corrected chi connectivity index (χ2v) is 8.45. The number of hydrogen-bond acceptors (Lipinski definition) is 4. The molecule has 1 atom stereocenters. The minimum Gasteiger partial charge on any atom is -0.492 e. The van der Waals surface area contributed by atoms with E-state index in [9.17, 15) is 13.2 Å². The summed E-state index contributed by atoms with van der Waals surface area (Å²) in [5.74, 6) is -0.0455. The van der Waals surface area contributed by atoms with Gasteiger partial charge in [0.1, 0.15) is 11.8 Å². The molecule has 1 amide bonds. The van der Waals surface area contributed by atoms with Crippen molar-refractivity contribution in [2.45, 2.75) is 19.9 Å². The molecule has 0 aliphatic rings. The average Bonchev–Trinajstić information content (AvgIpc) is 2.58. The highest BCUT2D eigenvalue weighted by Crippen LogP contribution is 2.33. The number of carbonyl (C=O) groups is 1. The summed E-state index contributed by atoms with van der Waals surface area (Å²) in [4.78, 5) is 12.8. The van der Waals surface area contributed by atoms with Gasteiger partial charge in [0, 0.05) is 5.02 Å². The predicted molar refractivity (Wildman–Crippen MR) is 109 cm³/mol. The maximum atomic E-state index is 12.8. The molecule has 0 heterocycles. The van der Waals surface area contributed by atoms with Gasteiger partial charge in [-0.15, -0.1) is 0 Å². The quantitative estimate of drug-likeness (QED) is 0.714. The summed E-state index contributed by atoms with van der Waals surface area (Å²) >= 11 is 12.1. The summed E-state index contributed by atoms with van der Waals surface area (Å²) in [6.45, 7) is 3.72. The summed E-state index contributed by atoms with van der Waals surface area (Å²) in [7, 11) is -3.82. The summed E-state index contributed by atoms with van der Waals surface area (Å²) in [5, 5.41) is 3.17. The number of rotatable bonds is 7. The first-order valence-corrected chi connectivity index (χ1v) is 10.7. The monoisotopic (exact) mass is 430 g/mol. The van der Waals surface area contributed by atoms with E-state index in [0.717, 1.165) is 10.6 Å². The number of nitrogens with zero attached hydrogens (tertiary/aromatic N) is 1. The van der Waals surface area contributed by atoms with Gasteiger partial charge in [0.25, 0.3) is 0 Å². The molecule has 0 fully saturated rings. The number of carbonyl (C=O) groups excluding carboxylic acids is 1. The van der Waals surface area contributed by atoms with Crippen LogP contribution in [0.3, 0.4) is 0 Å². The second-order valence-electron chi connectivity index (χ2n) is 5.75. The Balaban J connectivity index is 2.38. The molecule has 0 bridgehead atoms. The van der Waals surface area contributed by atoms with E-state index in [1.807, 2.05) is 6.92 Å². The lowest BCUT2D eigenvalue weighted by Crippen LogP contribution is -2.45. The van der Waals surface area contributed by atoms with Gasteiger partial charge in [0.05, 0.1) is 29.3 Å². The number of para-hydroxylation sites is 2. The van der Waals surface area contributed by atoms with Gasteiger partial charge in [-0.25, -0.2) is 8.42 Å². The third kappa shape index (κ3) is 5.28. The Labute approximate surface area is 169 Å². The van der Waals surface area contributed by atoms with Gasteiger partial charge in [-0.1, -0.05) is 35.3 Å². The Bertz CT molecular complexity index is 935. The second kappa shape index (κ2) is 8.82. The molecule has 9 heteroatoms. The van der Waals surface area contributed by atoms with E-state index in [-0.39, 0.29) is 10.7 Å². The van der Waals surface area contributed by atoms with Gasteiger partial charge < -0.3 is 10.1 Å². The maximum Gasteiger partial charge on any atom is 0.248 e. The zero-order valence-electron chi connectivity index (χ0n) is 15.1. The summed E-state index contributed by atoms with van der Waals surface area (Å²) in [6, 6.07) is 10.2. The van der Waals surface area contributed by atoms with Crippen LogP contribution in [0, 0.1) is 0 Å². The number of nitrogens with one attached hydrogen (secondary N) is 1. The highest BCUT2D eigenvalue weighted by atomic mass is 35.5. The van der Waals surface area contributed by atoms with Gasteiger partial charge in [0.2, 0.25) is 15.9 Å². The van der Waals surface area contributed by atoms with Crippen molar-refractivity contribution in [1.29, 1.82) is 0 Å². The zero-order valence-corrected chi connectivity index (χ0v) is 17.4. The van der Waals surface area contributed by atoms with Crippen molar-refractivity contribution in [1.82, 2.24) is 0 Å². The Hall–Kier alpha value is -1.96. The number of anilines is 2. The molecule has 27 heavy (non-hydrogen) atoms. The van der Waals surface area contributed by atoms with Crippen molar-refractivity contribution < 1.29 is 17.9 Å². The summed E-state index contributed by atoms with van der Waals surface area (Å²) in [5.41, 5.74) is 0.578. The average molecular weight is 431 g/mol. The van der Waals surface area contributed by atoms with Gasteiger partial charge in [-0.3, -0.25) is 9.10 Å². The largest absolute Gasteiger partial charge is 0.492 e. The van der Waals surface area contributed by atoms with Crippen molar-refractivity contribution in [3.8, 4) is 5.75 Å². The van der Waals surface area contributed by atoms with E-state index < -0.39 is 22.0 Å². The number of halogens is 2. The molecule has 0 aliphatic heterocycles. The maximum absolute atomic E-state index is 12.8. The first kappa shape index (κ1) is 21.3. The minimum atomic E-state index is -3.82. The van der Waals surface area contributed by atoms with Gasteiger partial charge in [0.15, 0.2) is 0 Å². The van der Waals surface area contributed by atoms with E-state index >= 15 is 0 Å². The van der Waals surface area contributed by atoms with Crippen molar-refractivity contribution >= 4 is 50.5 Å². The topological polar surface area (TPSA) is 75.7 Å². The fourth-order valence-corrected chi connectivity index (χ4v) is 4.13. The molecule has 6 nitrogen and oxygen atoms in total. The molecule has 0 aliphatic carbocycles. The first-order valence-electron chi connectivity index (χ1n) is 8.12. The number of benzene rings is 2. The van der Waals surface area contributed by atoms with Crippen LogP contribution in [0.25, 0.3) is 0 Å². The van der Waals surface area contributed by atoms with Crippen molar-refractivity contribution in [3.63, 3.8) is 0 Å². The molecule has 0 unspecified atom stereocenters. The normalized spacial score (nSPS) is 12.3. The molecule has 2 rings (SSSR count). The van der Waals surface area contributed by atoms with Gasteiger partial charge >= 0.3 is 0 Å². The lowest BCUT2D eigenvalue weighted by atomic mass is 10.2. The molecule has 0 saturated heterocycles. The SMILES string of the molecule is CCOc1ccccc1NC(=O)[C@H](C)N(c1cc(Cl)ccc1Cl)S(C)(=O)=O. The van der Waals surface area contributed by atoms with Crippen LogP contribution in [0.15, 0.2) is 42.5 Å². The molecular weight excluding hydrogens is 411 g/mol. The zero-order chi connectivity index (χ0) is 20.2. The highest BCUT2D eigenvalue weighted by molar-refractivity contribution is 7.92. The molecule has 0 spiro atoms. The van der Waals surface area contributed by atoms with Crippen LogP contribution in [0.2, 0.25) is 10.0 Å². The Morgan fingerprint density at radius 3 is 2.52 bits per heavy atom. The molecule has 2 aromatic carbocycles. The van der Waals surface area contributed by atoms with E-state index in [2.05, 4.69) is 5.32 Å². The van der Waals surface area contributed by atoms with Crippen LogP contribution >= 0.6 is 23.2 Å². The Kier molecular flexibility index (Phi) is 6.97. The standard InChI is InChI=1S/C18H20Cl2N2O4S/c1-4-26-17-8-6-5-7-15(17)21-18(23)12(2)22(27(3,24)25)16-11-13(19)9-10-14(16)20/h5-12H,4H2,1-3H3,(H,21,23)/t12-/m0/s1. The van der Waals surface area contributed by atoms with Crippen molar-refractivity contribution in [2.24, 2.45) is 0 Å². The Morgan fingerprint density at radius 2 is 1.89 bits per heavy atom. The predicted octanol–water partition coefficient (Wildman–Crippen LogP) is 4.19. The lowest BCUT2D eigenvalue weighted by Gasteiger charge is -2.29. The van der Waals surface area contributed by atoms with Crippen molar-refractivity contribution in [2.75, 3.05) is 22.5 Å².